The van der Waals surface area contributed by atoms with E-state index in [-0.39, 0.29) is 0 Å². The van der Waals surface area contributed by atoms with Crippen LogP contribution >= 0.6 is 0 Å². The lowest BCUT2D eigenvalue weighted by Crippen LogP contribution is -2.74. The Balaban J connectivity index is 0.998. The van der Waals surface area contributed by atoms with Crippen molar-refractivity contribution in [2.45, 2.75) is 12.8 Å². The Morgan fingerprint density at radius 1 is 0.397 bits per heavy atom. The molecule has 1 aliphatic carbocycles. The number of furan rings is 1. The third-order valence-corrected chi connectivity index (χ3v) is 17.5. The monoisotopic (exact) mass is 823 g/mol. The van der Waals surface area contributed by atoms with Crippen molar-refractivity contribution in [3.63, 3.8) is 0 Å². The molecule has 0 radical (unpaired) electrons. The SMILES string of the molecule is C1=CCCC(c2ccccc2N(c2ccc(-c3ccc([Si](c4ccccc4)(c4ccccc4)c4ccccc4)cc3)cc2)c2ccc3c(c2)oc2cc(-c4ccccc4)ccc23)=C1. The number of hydrogen-bond donors (Lipinski definition) is 0. The molecule has 3 heteroatoms. The zero-order valence-electron chi connectivity index (χ0n) is 34.9. The van der Waals surface area contributed by atoms with Gasteiger partial charge in [0, 0.05) is 33.8 Å². The lowest BCUT2D eigenvalue weighted by molar-refractivity contribution is 0.669. The van der Waals surface area contributed by atoms with Crippen molar-refractivity contribution < 1.29 is 4.42 Å². The van der Waals surface area contributed by atoms with Crippen molar-refractivity contribution in [1.29, 1.82) is 0 Å². The van der Waals surface area contributed by atoms with Crippen LogP contribution in [0.15, 0.2) is 253 Å². The Morgan fingerprint density at radius 3 is 1.48 bits per heavy atom. The van der Waals surface area contributed by atoms with Gasteiger partial charge in [-0.25, -0.2) is 0 Å². The normalized spacial score (nSPS) is 12.7. The van der Waals surface area contributed by atoms with E-state index in [1.165, 1.54) is 48.6 Å². The van der Waals surface area contributed by atoms with Gasteiger partial charge >= 0.3 is 0 Å². The summed E-state index contributed by atoms with van der Waals surface area (Å²) in [5.41, 5.74) is 12.3. The van der Waals surface area contributed by atoms with E-state index < -0.39 is 8.07 Å². The topological polar surface area (TPSA) is 16.4 Å². The van der Waals surface area contributed by atoms with Crippen LogP contribution < -0.4 is 25.6 Å². The van der Waals surface area contributed by atoms with E-state index in [9.17, 15) is 0 Å². The molecule has 0 unspecified atom stereocenters. The molecule has 11 rings (SSSR count). The van der Waals surface area contributed by atoms with Crippen LogP contribution in [0.25, 0.3) is 49.8 Å². The van der Waals surface area contributed by atoms with Crippen molar-refractivity contribution >= 4 is 73.4 Å². The maximum Gasteiger partial charge on any atom is 0.179 e. The minimum atomic E-state index is -2.62. The lowest BCUT2D eigenvalue weighted by atomic mass is 9.95. The molecule has 0 aliphatic heterocycles. The fourth-order valence-corrected chi connectivity index (χ4v) is 14.4. The molecule has 2 nitrogen and oxygen atoms in total. The summed E-state index contributed by atoms with van der Waals surface area (Å²) in [7, 11) is -2.62. The van der Waals surface area contributed by atoms with Gasteiger partial charge in [-0.3, -0.25) is 0 Å². The Labute approximate surface area is 370 Å². The third kappa shape index (κ3) is 7.03. The fourth-order valence-electron chi connectivity index (χ4n) is 9.69. The van der Waals surface area contributed by atoms with Crippen molar-refractivity contribution in [1.82, 2.24) is 0 Å². The predicted octanol–water partition coefficient (Wildman–Crippen LogP) is 13.5. The average Bonchev–Trinajstić information content (AvgIpc) is 3.74. The molecular weight excluding hydrogens is 779 g/mol. The minimum absolute atomic E-state index is 0.868. The number of benzene rings is 9. The van der Waals surface area contributed by atoms with Crippen LogP contribution in [0.1, 0.15) is 18.4 Å². The number of hydrogen-bond acceptors (Lipinski definition) is 2. The summed E-state index contributed by atoms with van der Waals surface area (Å²) < 4.78 is 6.67. The van der Waals surface area contributed by atoms with Gasteiger partial charge in [0.25, 0.3) is 0 Å². The molecule has 10 aromatic rings. The van der Waals surface area contributed by atoms with Gasteiger partial charge in [-0.15, -0.1) is 0 Å². The molecule has 300 valence electrons. The third-order valence-electron chi connectivity index (χ3n) is 12.7. The highest BCUT2D eigenvalue weighted by Crippen LogP contribution is 2.43. The summed E-state index contributed by atoms with van der Waals surface area (Å²) in [5.74, 6) is 0. The summed E-state index contributed by atoms with van der Waals surface area (Å²) in [6.45, 7) is 0. The van der Waals surface area contributed by atoms with Gasteiger partial charge in [0.2, 0.25) is 0 Å². The smallest absolute Gasteiger partial charge is 0.179 e. The van der Waals surface area contributed by atoms with Crippen molar-refractivity contribution in [3.05, 3.63) is 254 Å². The molecule has 0 bridgehead atoms. The first-order chi connectivity index (χ1) is 31.2. The molecule has 1 aromatic heterocycles. The van der Waals surface area contributed by atoms with Crippen LogP contribution in [0.2, 0.25) is 0 Å². The van der Waals surface area contributed by atoms with Gasteiger partial charge in [0.05, 0.1) is 5.69 Å². The number of fused-ring (bicyclic) bond motifs is 3. The maximum absolute atomic E-state index is 6.67. The van der Waals surface area contributed by atoms with Crippen LogP contribution in [0, 0.1) is 0 Å². The molecule has 9 aromatic carbocycles. The van der Waals surface area contributed by atoms with E-state index in [2.05, 4.69) is 254 Å². The van der Waals surface area contributed by atoms with Gasteiger partial charge in [-0.1, -0.05) is 200 Å². The van der Waals surface area contributed by atoms with Gasteiger partial charge < -0.3 is 9.32 Å². The molecule has 0 fully saturated rings. The second kappa shape index (κ2) is 16.6. The van der Waals surface area contributed by atoms with Gasteiger partial charge in [0.15, 0.2) is 8.07 Å². The van der Waals surface area contributed by atoms with Gasteiger partial charge in [-0.05, 0) is 104 Å². The summed E-state index contributed by atoms with van der Waals surface area (Å²) in [6.07, 6.45) is 8.75. The predicted molar refractivity (Wildman–Crippen MR) is 269 cm³/mol. The Hall–Kier alpha value is -7.72. The van der Waals surface area contributed by atoms with E-state index in [4.69, 9.17) is 4.42 Å². The number of rotatable bonds is 10. The van der Waals surface area contributed by atoms with Crippen LogP contribution in [0.3, 0.4) is 0 Å². The van der Waals surface area contributed by atoms with E-state index in [0.717, 1.165) is 57.4 Å². The fraction of sp³-hybridized carbons (Fsp3) is 0.0333. The van der Waals surface area contributed by atoms with E-state index in [0.29, 0.717) is 0 Å². The Kier molecular flexibility index (Phi) is 10.1. The summed E-state index contributed by atoms with van der Waals surface area (Å²) in [5, 5.41) is 7.71. The molecule has 0 spiro atoms. The zero-order chi connectivity index (χ0) is 42.0. The average molecular weight is 824 g/mol. The highest BCUT2D eigenvalue weighted by atomic mass is 28.3. The number of anilines is 3. The van der Waals surface area contributed by atoms with Crippen LogP contribution in [0.4, 0.5) is 17.1 Å². The van der Waals surface area contributed by atoms with Gasteiger partial charge in [0.1, 0.15) is 11.2 Å². The standard InChI is InChI=1S/C60H45NOSi/c1-6-18-44(19-7-1)48-34-40-56-57-41-37-50(43-60(57)62-59(56)42-48)61(58-29-17-16-28-55(58)47-20-8-2-9-21-47)49-35-30-45(31-36-49)46-32-38-54(39-33-46)63(51-22-10-3-11-23-51,52-24-12-4-13-25-52)53-26-14-5-15-27-53/h1-8,10-20,22-43H,9,21H2. The van der Waals surface area contributed by atoms with Crippen LogP contribution in [-0.4, -0.2) is 8.07 Å². The summed E-state index contributed by atoms with van der Waals surface area (Å²) >= 11 is 0. The first kappa shape index (κ1) is 38.2. The molecule has 1 heterocycles. The molecule has 0 saturated carbocycles. The lowest BCUT2D eigenvalue weighted by Gasteiger charge is -2.34. The number of allylic oxidation sites excluding steroid dienone is 4. The Bertz CT molecular complexity index is 3150. The van der Waals surface area contributed by atoms with Gasteiger partial charge in [-0.2, -0.15) is 0 Å². The number of para-hydroxylation sites is 1. The highest BCUT2D eigenvalue weighted by molar-refractivity contribution is 7.19. The minimum Gasteiger partial charge on any atom is -0.456 e. The maximum atomic E-state index is 6.67. The van der Waals surface area contributed by atoms with Crippen LogP contribution in [-0.2, 0) is 0 Å². The van der Waals surface area contributed by atoms with E-state index in [1.54, 1.807) is 0 Å². The first-order valence-electron chi connectivity index (χ1n) is 21.9. The molecule has 0 saturated heterocycles. The van der Waals surface area contributed by atoms with Crippen molar-refractivity contribution in [2.24, 2.45) is 0 Å². The summed E-state index contributed by atoms with van der Waals surface area (Å²) in [4.78, 5) is 2.39. The Morgan fingerprint density at radius 2 is 0.873 bits per heavy atom. The van der Waals surface area contributed by atoms with E-state index >= 15 is 0 Å². The second-order valence-corrected chi connectivity index (χ2v) is 20.2. The molecule has 0 N–H and O–H groups in total. The van der Waals surface area contributed by atoms with Crippen LogP contribution in [0.5, 0.6) is 0 Å². The second-order valence-electron chi connectivity index (χ2n) is 16.3. The molecule has 63 heavy (non-hydrogen) atoms. The highest BCUT2D eigenvalue weighted by Gasteiger charge is 2.41. The first-order valence-corrected chi connectivity index (χ1v) is 23.9. The quantitative estimate of drug-likeness (QED) is 0.101. The largest absolute Gasteiger partial charge is 0.456 e. The summed E-state index contributed by atoms with van der Waals surface area (Å²) in [6, 6.07) is 84.3. The van der Waals surface area contributed by atoms with Crippen molar-refractivity contribution in [2.75, 3.05) is 4.90 Å². The molecular formula is C60H45NOSi. The molecule has 0 amide bonds. The van der Waals surface area contributed by atoms with E-state index in [1.807, 2.05) is 0 Å². The zero-order valence-corrected chi connectivity index (χ0v) is 35.9. The molecule has 0 atom stereocenters. The number of nitrogens with zero attached hydrogens (tertiary/aromatic N) is 1. The molecule has 1 aliphatic rings. The van der Waals surface area contributed by atoms with Crippen molar-refractivity contribution in [3.8, 4) is 22.3 Å².